The van der Waals surface area contributed by atoms with Crippen LogP contribution in [0.15, 0.2) is 24.3 Å². The molecule has 1 N–H and O–H groups in total. The summed E-state index contributed by atoms with van der Waals surface area (Å²) < 4.78 is 0.376. The maximum atomic E-state index is 12.2. The molecule has 1 aromatic rings. The highest BCUT2D eigenvalue weighted by atomic mass is 32.2. The number of rotatable bonds is 4. The first-order valence-electron chi connectivity index (χ1n) is 7.79. The van der Waals surface area contributed by atoms with Gasteiger partial charge in [-0.05, 0) is 30.7 Å². The second kappa shape index (κ2) is 6.01. The number of amides is 1. The van der Waals surface area contributed by atoms with Gasteiger partial charge in [0.1, 0.15) is 0 Å². The molecule has 0 spiro atoms. The SMILES string of the molecule is CSC1(CNC2CC(=O)N(C)c3ccccc32)CCCC1. The number of hydrogen-bond acceptors (Lipinski definition) is 3. The van der Waals surface area contributed by atoms with Crippen molar-refractivity contribution in [2.24, 2.45) is 0 Å². The Morgan fingerprint density at radius 2 is 2.05 bits per heavy atom. The van der Waals surface area contributed by atoms with Gasteiger partial charge in [0, 0.05) is 36.5 Å². The summed E-state index contributed by atoms with van der Waals surface area (Å²) >= 11 is 1.99. The zero-order valence-corrected chi connectivity index (χ0v) is 13.7. The predicted molar refractivity (Wildman–Crippen MR) is 89.9 cm³/mol. The van der Waals surface area contributed by atoms with E-state index in [1.54, 1.807) is 4.90 Å². The van der Waals surface area contributed by atoms with Crippen LogP contribution in [0.4, 0.5) is 5.69 Å². The van der Waals surface area contributed by atoms with Gasteiger partial charge in [-0.3, -0.25) is 4.79 Å². The first-order chi connectivity index (χ1) is 10.2. The molecule has 3 nitrogen and oxygen atoms in total. The van der Waals surface area contributed by atoms with Gasteiger partial charge in [-0.2, -0.15) is 11.8 Å². The minimum absolute atomic E-state index is 0.162. The molecule has 1 aromatic carbocycles. The van der Waals surface area contributed by atoms with E-state index >= 15 is 0 Å². The summed E-state index contributed by atoms with van der Waals surface area (Å²) in [6.07, 6.45) is 8.06. The Balaban J connectivity index is 1.77. The number of para-hydroxylation sites is 1. The van der Waals surface area contributed by atoms with Crippen LogP contribution < -0.4 is 10.2 Å². The Bertz CT molecular complexity index is 525. The number of nitrogens with zero attached hydrogens (tertiary/aromatic N) is 1. The van der Waals surface area contributed by atoms with Crippen molar-refractivity contribution in [1.29, 1.82) is 0 Å². The number of hydrogen-bond donors (Lipinski definition) is 1. The van der Waals surface area contributed by atoms with Crippen molar-refractivity contribution in [3.05, 3.63) is 29.8 Å². The van der Waals surface area contributed by atoms with Crippen LogP contribution in [-0.4, -0.2) is 30.5 Å². The van der Waals surface area contributed by atoms with Crippen LogP contribution in [0, 0.1) is 0 Å². The molecule has 1 unspecified atom stereocenters. The summed E-state index contributed by atoms with van der Waals surface area (Å²) in [4.78, 5) is 14.0. The average molecular weight is 304 g/mol. The molecule has 1 aliphatic heterocycles. The lowest BCUT2D eigenvalue weighted by Crippen LogP contribution is -2.42. The van der Waals surface area contributed by atoms with Crippen LogP contribution in [0.2, 0.25) is 0 Å². The van der Waals surface area contributed by atoms with Crippen molar-refractivity contribution in [3.63, 3.8) is 0 Å². The number of nitrogens with one attached hydrogen (secondary N) is 1. The van der Waals surface area contributed by atoms with Gasteiger partial charge in [0.15, 0.2) is 0 Å². The highest BCUT2D eigenvalue weighted by molar-refractivity contribution is 8.00. The van der Waals surface area contributed by atoms with Crippen molar-refractivity contribution >= 4 is 23.4 Å². The van der Waals surface area contributed by atoms with E-state index in [-0.39, 0.29) is 11.9 Å². The molecule has 3 rings (SSSR count). The molecule has 1 heterocycles. The summed E-state index contributed by atoms with van der Waals surface area (Å²) in [6.45, 7) is 1.00. The third kappa shape index (κ3) is 2.84. The van der Waals surface area contributed by atoms with E-state index in [1.165, 1.54) is 31.2 Å². The Labute approximate surface area is 131 Å². The average Bonchev–Trinajstić information content (AvgIpc) is 2.99. The van der Waals surface area contributed by atoms with E-state index in [2.05, 4.69) is 23.7 Å². The molecule has 4 heteroatoms. The maximum absolute atomic E-state index is 12.2. The van der Waals surface area contributed by atoms with Gasteiger partial charge < -0.3 is 10.2 Å². The molecule has 114 valence electrons. The van der Waals surface area contributed by atoms with Crippen LogP contribution in [0.25, 0.3) is 0 Å². The molecule has 21 heavy (non-hydrogen) atoms. The van der Waals surface area contributed by atoms with E-state index in [1.807, 2.05) is 30.9 Å². The van der Waals surface area contributed by atoms with Gasteiger partial charge in [-0.25, -0.2) is 0 Å². The smallest absolute Gasteiger partial charge is 0.228 e. The summed E-state index contributed by atoms with van der Waals surface area (Å²) in [6, 6.07) is 8.43. The molecule has 1 amide bonds. The van der Waals surface area contributed by atoms with Crippen LogP contribution in [0.1, 0.15) is 43.7 Å². The van der Waals surface area contributed by atoms with E-state index in [0.717, 1.165) is 12.2 Å². The van der Waals surface area contributed by atoms with Crippen LogP contribution in [0.3, 0.4) is 0 Å². The number of benzene rings is 1. The molecule has 1 saturated carbocycles. The minimum atomic E-state index is 0.162. The molecule has 2 aliphatic rings. The maximum Gasteiger partial charge on any atom is 0.228 e. The quantitative estimate of drug-likeness (QED) is 0.926. The first kappa shape index (κ1) is 14.9. The Hall–Kier alpha value is -1.00. The molecule has 0 saturated heterocycles. The third-order valence-electron chi connectivity index (χ3n) is 5.04. The molecule has 0 aromatic heterocycles. The fourth-order valence-electron chi connectivity index (χ4n) is 3.61. The van der Waals surface area contributed by atoms with Crippen LogP contribution >= 0.6 is 11.8 Å². The van der Waals surface area contributed by atoms with E-state index in [4.69, 9.17) is 0 Å². The van der Waals surface area contributed by atoms with Gasteiger partial charge in [-0.15, -0.1) is 0 Å². The molecular weight excluding hydrogens is 280 g/mol. The van der Waals surface area contributed by atoms with Gasteiger partial charge in [0.05, 0.1) is 0 Å². The molecule has 0 bridgehead atoms. The number of anilines is 1. The van der Waals surface area contributed by atoms with Gasteiger partial charge in [0.2, 0.25) is 5.91 Å². The lowest BCUT2D eigenvalue weighted by atomic mass is 9.95. The largest absolute Gasteiger partial charge is 0.315 e. The van der Waals surface area contributed by atoms with Gasteiger partial charge >= 0.3 is 0 Å². The second-order valence-corrected chi connectivity index (χ2v) is 7.52. The fraction of sp³-hybridized carbons (Fsp3) is 0.588. The Morgan fingerprint density at radius 1 is 1.33 bits per heavy atom. The molecule has 0 radical (unpaired) electrons. The number of thioether (sulfide) groups is 1. The third-order valence-corrected chi connectivity index (χ3v) is 6.46. The minimum Gasteiger partial charge on any atom is -0.315 e. The van der Waals surface area contributed by atoms with Crippen LogP contribution in [0.5, 0.6) is 0 Å². The van der Waals surface area contributed by atoms with E-state index in [9.17, 15) is 4.79 Å². The Kier molecular flexibility index (Phi) is 4.27. The van der Waals surface area contributed by atoms with Crippen molar-refractivity contribution in [2.45, 2.75) is 42.9 Å². The lowest BCUT2D eigenvalue weighted by molar-refractivity contribution is -0.119. The van der Waals surface area contributed by atoms with Crippen molar-refractivity contribution in [2.75, 3.05) is 24.7 Å². The monoisotopic (exact) mass is 304 g/mol. The number of carbonyl (C=O) groups excluding carboxylic acids is 1. The normalized spacial score (nSPS) is 24.2. The predicted octanol–water partition coefficient (Wildman–Crippen LogP) is 3.36. The summed E-state index contributed by atoms with van der Waals surface area (Å²) in [5.74, 6) is 0.204. The summed E-state index contributed by atoms with van der Waals surface area (Å²) in [5, 5.41) is 3.69. The van der Waals surface area contributed by atoms with Gasteiger partial charge in [-0.1, -0.05) is 31.0 Å². The molecule has 1 aliphatic carbocycles. The van der Waals surface area contributed by atoms with Crippen molar-refractivity contribution < 1.29 is 4.79 Å². The standard InChI is InChI=1S/C17H24N2OS/c1-19-15-8-4-3-7-13(15)14(11-16(19)20)18-12-17(21-2)9-5-6-10-17/h3-4,7-8,14,18H,5-6,9-12H2,1-2H3. The summed E-state index contributed by atoms with van der Waals surface area (Å²) in [5.41, 5.74) is 2.31. The van der Waals surface area contributed by atoms with E-state index < -0.39 is 0 Å². The number of fused-ring (bicyclic) bond motifs is 1. The number of carbonyl (C=O) groups is 1. The topological polar surface area (TPSA) is 32.3 Å². The highest BCUT2D eigenvalue weighted by Gasteiger charge is 2.35. The Morgan fingerprint density at radius 3 is 2.76 bits per heavy atom. The van der Waals surface area contributed by atoms with Crippen molar-refractivity contribution in [3.8, 4) is 0 Å². The van der Waals surface area contributed by atoms with Crippen molar-refractivity contribution in [1.82, 2.24) is 5.32 Å². The molecule has 1 atom stereocenters. The zero-order chi connectivity index (χ0) is 14.9. The van der Waals surface area contributed by atoms with Crippen LogP contribution in [-0.2, 0) is 4.79 Å². The van der Waals surface area contributed by atoms with Gasteiger partial charge in [0.25, 0.3) is 0 Å². The fourth-order valence-corrected chi connectivity index (χ4v) is 4.53. The highest BCUT2D eigenvalue weighted by Crippen LogP contribution is 2.41. The zero-order valence-electron chi connectivity index (χ0n) is 12.9. The summed E-state index contributed by atoms with van der Waals surface area (Å²) in [7, 11) is 1.87. The molecule has 1 fully saturated rings. The lowest BCUT2D eigenvalue weighted by Gasteiger charge is -2.35. The first-order valence-corrected chi connectivity index (χ1v) is 9.02. The second-order valence-electron chi connectivity index (χ2n) is 6.24. The van der Waals surface area contributed by atoms with E-state index in [0.29, 0.717) is 11.2 Å². The molecular formula is C17H24N2OS.